The molecule has 0 radical (unpaired) electrons. The molecule has 3 heterocycles. The number of nitrogens with zero attached hydrogens (tertiary/aromatic N) is 3. The van der Waals surface area contributed by atoms with Gasteiger partial charge >= 0.3 is 0 Å². The lowest BCUT2D eigenvalue weighted by Crippen LogP contribution is -2.34. The Hall–Kier alpha value is -1.03. The summed E-state index contributed by atoms with van der Waals surface area (Å²) >= 11 is 0. The Morgan fingerprint density at radius 1 is 1.39 bits per heavy atom. The van der Waals surface area contributed by atoms with Crippen LogP contribution in [0.3, 0.4) is 0 Å². The standard InChI is InChI=1S/C14H24N4/c1-4-6-17-7-5-12-13(9-17)18-11(3)8-10(2)15-14(18)16-12/h10-11H,4-9H2,1-3H3,(H,15,16). The second-order valence-electron chi connectivity index (χ2n) is 5.86. The van der Waals surface area contributed by atoms with Crippen molar-refractivity contribution >= 4 is 5.95 Å². The van der Waals surface area contributed by atoms with Crippen LogP contribution in [-0.4, -0.2) is 33.6 Å². The number of hydrogen-bond acceptors (Lipinski definition) is 3. The molecule has 18 heavy (non-hydrogen) atoms. The summed E-state index contributed by atoms with van der Waals surface area (Å²) in [5.74, 6) is 1.10. The Balaban J connectivity index is 1.92. The monoisotopic (exact) mass is 248 g/mol. The van der Waals surface area contributed by atoms with Gasteiger partial charge in [-0.05, 0) is 33.2 Å². The molecule has 2 aliphatic heterocycles. The van der Waals surface area contributed by atoms with Crippen molar-refractivity contribution in [1.29, 1.82) is 0 Å². The third kappa shape index (κ3) is 1.92. The fourth-order valence-electron chi connectivity index (χ4n) is 3.42. The number of rotatable bonds is 2. The van der Waals surface area contributed by atoms with Gasteiger partial charge in [0, 0.05) is 31.6 Å². The maximum Gasteiger partial charge on any atom is 0.203 e. The van der Waals surface area contributed by atoms with E-state index < -0.39 is 0 Å². The first-order valence-corrected chi connectivity index (χ1v) is 7.28. The molecular weight excluding hydrogens is 224 g/mol. The Morgan fingerprint density at radius 3 is 3.00 bits per heavy atom. The molecule has 100 valence electrons. The summed E-state index contributed by atoms with van der Waals surface area (Å²) in [5.41, 5.74) is 2.78. The summed E-state index contributed by atoms with van der Waals surface area (Å²) in [5, 5.41) is 3.53. The first-order valence-electron chi connectivity index (χ1n) is 7.28. The van der Waals surface area contributed by atoms with Gasteiger partial charge < -0.3 is 9.88 Å². The molecule has 4 heteroatoms. The molecule has 1 aromatic rings. The van der Waals surface area contributed by atoms with Gasteiger partial charge in [0.15, 0.2) is 0 Å². The van der Waals surface area contributed by atoms with Crippen molar-refractivity contribution in [2.75, 3.05) is 18.4 Å². The molecule has 4 nitrogen and oxygen atoms in total. The Kier molecular flexibility index (Phi) is 3.06. The third-order valence-electron chi connectivity index (χ3n) is 4.18. The summed E-state index contributed by atoms with van der Waals surface area (Å²) in [4.78, 5) is 7.37. The molecule has 0 saturated carbocycles. The average molecular weight is 248 g/mol. The number of nitrogens with one attached hydrogen (secondary N) is 1. The molecule has 0 amide bonds. The number of anilines is 1. The van der Waals surface area contributed by atoms with Crippen molar-refractivity contribution < 1.29 is 0 Å². The molecular formula is C14H24N4. The van der Waals surface area contributed by atoms with Gasteiger partial charge in [-0.2, -0.15) is 0 Å². The van der Waals surface area contributed by atoms with Gasteiger partial charge in [-0.15, -0.1) is 0 Å². The summed E-state index contributed by atoms with van der Waals surface area (Å²) in [6.45, 7) is 10.3. The lowest BCUT2D eigenvalue weighted by molar-refractivity contribution is 0.242. The van der Waals surface area contributed by atoms with Crippen LogP contribution in [0, 0.1) is 0 Å². The Labute approximate surface area is 109 Å². The lowest BCUT2D eigenvalue weighted by Gasteiger charge is -2.32. The van der Waals surface area contributed by atoms with Crippen LogP contribution in [0.25, 0.3) is 0 Å². The molecule has 0 aromatic carbocycles. The zero-order valence-electron chi connectivity index (χ0n) is 11.7. The average Bonchev–Trinajstić information content (AvgIpc) is 2.66. The van der Waals surface area contributed by atoms with Crippen molar-refractivity contribution in [2.24, 2.45) is 0 Å². The highest BCUT2D eigenvalue weighted by molar-refractivity contribution is 5.39. The second kappa shape index (κ2) is 4.57. The van der Waals surface area contributed by atoms with E-state index in [0.717, 1.165) is 18.9 Å². The van der Waals surface area contributed by atoms with Gasteiger partial charge in [0.1, 0.15) is 0 Å². The minimum atomic E-state index is 0.545. The minimum Gasteiger partial charge on any atom is -0.353 e. The van der Waals surface area contributed by atoms with E-state index in [9.17, 15) is 0 Å². The van der Waals surface area contributed by atoms with Gasteiger partial charge in [0.25, 0.3) is 0 Å². The molecule has 0 fully saturated rings. The van der Waals surface area contributed by atoms with E-state index in [2.05, 4.69) is 35.6 Å². The quantitative estimate of drug-likeness (QED) is 0.872. The van der Waals surface area contributed by atoms with E-state index in [1.807, 2.05) is 0 Å². The fourth-order valence-corrected chi connectivity index (χ4v) is 3.42. The summed E-state index contributed by atoms with van der Waals surface area (Å²) in [6.07, 6.45) is 3.54. The lowest BCUT2D eigenvalue weighted by atomic mass is 10.1. The van der Waals surface area contributed by atoms with E-state index in [0.29, 0.717) is 12.1 Å². The highest BCUT2D eigenvalue weighted by Crippen LogP contribution is 2.32. The van der Waals surface area contributed by atoms with Crippen LogP contribution >= 0.6 is 0 Å². The van der Waals surface area contributed by atoms with E-state index in [-0.39, 0.29) is 0 Å². The predicted octanol–water partition coefficient (Wildman–Crippen LogP) is 2.42. The van der Waals surface area contributed by atoms with Gasteiger partial charge in [-0.1, -0.05) is 6.92 Å². The van der Waals surface area contributed by atoms with Gasteiger partial charge in [0.05, 0.1) is 11.4 Å². The molecule has 2 unspecified atom stereocenters. The fraction of sp³-hybridized carbons (Fsp3) is 0.786. The SMILES string of the molecule is CCCN1CCc2nc3n(c2C1)C(C)CC(C)N3. The normalized spacial score (nSPS) is 27.5. The molecule has 0 spiro atoms. The molecule has 0 saturated heterocycles. The van der Waals surface area contributed by atoms with E-state index in [1.54, 1.807) is 0 Å². The number of aromatic nitrogens is 2. The molecule has 0 aliphatic carbocycles. The van der Waals surface area contributed by atoms with Crippen LogP contribution in [-0.2, 0) is 13.0 Å². The highest BCUT2D eigenvalue weighted by Gasteiger charge is 2.29. The predicted molar refractivity (Wildman–Crippen MR) is 73.9 cm³/mol. The first-order chi connectivity index (χ1) is 8.69. The molecule has 3 rings (SSSR count). The van der Waals surface area contributed by atoms with Crippen molar-refractivity contribution in [3.8, 4) is 0 Å². The van der Waals surface area contributed by atoms with E-state index >= 15 is 0 Å². The molecule has 1 N–H and O–H groups in total. The summed E-state index contributed by atoms with van der Waals surface area (Å²) in [6, 6.07) is 1.12. The van der Waals surface area contributed by atoms with Crippen LogP contribution in [0.4, 0.5) is 5.95 Å². The van der Waals surface area contributed by atoms with Crippen LogP contribution < -0.4 is 5.32 Å². The minimum absolute atomic E-state index is 0.545. The van der Waals surface area contributed by atoms with Crippen molar-refractivity contribution in [3.63, 3.8) is 0 Å². The Morgan fingerprint density at radius 2 is 2.22 bits per heavy atom. The number of fused-ring (bicyclic) bond motifs is 3. The van der Waals surface area contributed by atoms with Crippen LogP contribution in [0.15, 0.2) is 0 Å². The zero-order valence-corrected chi connectivity index (χ0v) is 11.7. The molecule has 1 aromatic heterocycles. The third-order valence-corrected chi connectivity index (χ3v) is 4.18. The second-order valence-corrected chi connectivity index (χ2v) is 5.86. The van der Waals surface area contributed by atoms with Crippen LogP contribution in [0.1, 0.15) is 51.0 Å². The highest BCUT2D eigenvalue weighted by atomic mass is 15.3. The topological polar surface area (TPSA) is 33.1 Å². The smallest absolute Gasteiger partial charge is 0.203 e. The van der Waals surface area contributed by atoms with Crippen molar-refractivity contribution in [3.05, 3.63) is 11.4 Å². The van der Waals surface area contributed by atoms with E-state index in [1.165, 1.54) is 37.3 Å². The van der Waals surface area contributed by atoms with Crippen molar-refractivity contribution in [1.82, 2.24) is 14.5 Å². The first kappa shape index (κ1) is 12.0. The largest absolute Gasteiger partial charge is 0.353 e. The Bertz CT molecular complexity index is 437. The van der Waals surface area contributed by atoms with Gasteiger partial charge in [0.2, 0.25) is 5.95 Å². The van der Waals surface area contributed by atoms with Gasteiger partial charge in [-0.25, -0.2) is 4.98 Å². The number of imidazole rings is 1. The zero-order chi connectivity index (χ0) is 12.7. The molecule has 0 bridgehead atoms. The van der Waals surface area contributed by atoms with Gasteiger partial charge in [-0.3, -0.25) is 4.90 Å². The van der Waals surface area contributed by atoms with Crippen LogP contribution in [0.5, 0.6) is 0 Å². The molecule has 2 aliphatic rings. The summed E-state index contributed by atoms with van der Waals surface area (Å²) in [7, 11) is 0. The maximum absolute atomic E-state index is 4.81. The van der Waals surface area contributed by atoms with Crippen molar-refractivity contribution in [2.45, 2.75) is 58.7 Å². The summed E-state index contributed by atoms with van der Waals surface area (Å²) < 4.78 is 2.44. The molecule has 2 atom stereocenters. The maximum atomic E-state index is 4.81. The van der Waals surface area contributed by atoms with E-state index in [4.69, 9.17) is 4.98 Å². The van der Waals surface area contributed by atoms with Crippen LogP contribution in [0.2, 0.25) is 0 Å². The number of hydrogen-bond donors (Lipinski definition) is 1.